The molecule has 2 rings (SSSR count). The molecule has 0 aromatic carbocycles. The normalized spacial score (nSPS) is 25.6. The van der Waals surface area contributed by atoms with Gasteiger partial charge in [-0.2, -0.15) is 0 Å². The molecule has 2 heterocycles. The maximum Gasteiger partial charge on any atom is 0.355 e. The van der Waals surface area contributed by atoms with Crippen LogP contribution in [0.25, 0.3) is 0 Å². The van der Waals surface area contributed by atoms with E-state index in [1.54, 1.807) is 0 Å². The van der Waals surface area contributed by atoms with Crippen LogP contribution < -0.4 is 10.2 Å². The molecule has 2 aliphatic heterocycles. The zero-order valence-corrected chi connectivity index (χ0v) is 10.8. The molecule has 6 heteroatoms. The molecule has 0 aromatic rings. The second kappa shape index (κ2) is 6.82. The molecule has 3 N–H and O–H groups in total. The maximum atomic E-state index is 11.3. The highest BCUT2D eigenvalue weighted by Crippen LogP contribution is 2.10. The highest BCUT2D eigenvalue weighted by molar-refractivity contribution is 4.99. The Morgan fingerprint density at radius 2 is 2.11 bits per heavy atom. The summed E-state index contributed by atoms with van der Waals surface area (Å²) in [5.74, 6) is 0. The molecular weight excluding hydrogens is 234 g/mol. The monoisotopic (exact) mass is 257 g/mol. The van der Waals surface area contributed by atoms with E-state index in [2.05, 4.69) is 5.32 Å². The number of nitrogens with zero attached hydrogens (tertiary/aromatic N) is 1. The van der Waals surface area contributed by atoms with Crippen LogP contribution in [0.15, 0.2) is 11.4 Å². The molecule has 2 saturated heterocycles. The number of nitrogens with two attached hydrogens (primary N) is 1. The quantitative estimate of drug-likeness (QED) is 0.479. The maximum absolute atomic E-state index is 11.3. The van der Waals surface area contributed by atoms with Crippen molar-refractivity contribution in [2.45, 2.75) is 25.7 Å². The summed E-state index contributed by atoms with van der Waals surface area (Å²) in [6, 6.07) is 0. The van der Waals surface area contributed by atoms with Gasteiger partial charge in [0.25, 0.3) is 0 Å². The molecule has 0 aliphatic carbocycles. The summed E-state index contributed by atoms with van der Waals surface area (Å²) in [4.78, 5) is 12.4. The van der Waals surface area contributed by atoms with Crippen molar-refractivity contribution in [1.29, 1.82) is 0 Å². The molecule has 0 radical (unpaired) electrons. The third-order valence-corrected chi connectivity index (χ3v) is 3.75. The van der Waals surface area contributed by atoms with Crippen molar-refractivity contribution in [1.82, 2.24) is 0 Å². The standard InChI is InChI=1S/C12H21N3O3/c16-15(17)12(10-14-6-8-18-9-7-14)11-4-2-1-3-5-13-11/h13H,1-10H2/p+2/b12-11-. The third-order valence-electron chi connectivity index (χ3n) is 3.75. The Balaban J connectivity index is 2.05. The summed E-state index contributed by atoms with van der Waals surface area (Å²) in [5.41, 5.74) is 1.42. The van der Waals surface area contributed by atoms with Gasteiger partial charge < -0.3 is 15.0 Å². The van der Waals surface area contributed by atoms with Gasteiger partial charge in [0.05, 0.1) is 24.7 Å². The average molecular weight is 257 g/mol. The van der Waals surface area contributed by atoms with Crippen molar-refractivity contribution in [2.24, 2.45) is 0 Å². The van der Waals surface area contributed by atoms with E-state index in [0.717, 1.165) is 51.4 Å². The number of rotatable bonds is 3. The van der Waals surface area contributed by atoms with Crippen molar-refractivity contribution in [3.63, 3.8) is 0 Å². The van der Waals surface area contributed by atoms with E-state index < -0.39 is 0 Å². The van der Waals surface area contributed by atoms with Crippen molar-refractivity contribution in [3.8, 4) is 0 Å². The van der Waals surface area contributed by atoms with E-state index in [-0.39, 0.29) is 4.92 Å². The van der Waals surface area contributed by atoms with Gasteiger partial charge in [0.15, 0.2) is 12.2 Å². The summed E-state index contributed by atoms with van der Waals surface area (Å²) < 4.78 is 5.29. The van der Waals surface area contributed by atoms with Crippen molar-refractivity contribution >= 4 is 0 Å². The number of nitro groups is 1. The van der Waals surface area contributed by atoms with Crippen LogP contribution >= 0.6 is 0 Å². The van der Waals surface area contributed by atoms with Crippen molar-refractivity contribution < 1.29 is 19.9 Å². The van der Waals surface area contributed by atoms with E-state index in [9.17, 15) is 10.1 Å². The molecule has 0 spiro atoms. The number of hydrogen-bond donors (Lipinski definition) is 2. The number of hydrogen-bond acceptors (Lipinski definition) is 3. The Bertz CT molecular complexity index is 315. The smallest absolute Gasteiger partial charge is 0.355 e. The van der Waals surface area contributed by atoms with E-state index in [4.69, 9.17) is 4.74 Å². The van der Waals surface area contributed by atoms with Crippen LogP contribution in [0.4, 0.5) is 0 Å². The van der Waals surface area contributed by atoms with Gasteiger partial charge in [0.2, 0.25) is 0 Å². The lowest BCUT2D eigenvalue weighted by Gasteiger charge is -2.22. The van der Waals surface area contributed by atoms with E-state index in [1.807, 2.05) is 0 Å². The zero-order chi connectivity index (χ0) is 12.8. The fourth-order valence-electron chi connectivity index (χ4n) is 2.65. The third kappa shape index (κ3) is 3.76. The highest BCUT2D eigenvalue weighted by Gasteiger charge is 2.29. The molecule has 0 bridgehead atoms. The Morgan fingerprint density at radius 1 is 1.33 bits per heavy atom. The first-order valence-electron chi connectivity index (χ1n) is 6.88. The predicted octanol–water partition coefficient (Wildman–Crippen LogP) is -1.47. The number of allylic oxidation sites excluding steroid dienone is 1. The zero-order valence-electron chi connectivity index (χ0n) is 10.8. The molecule has 2 fully saturated rings. The van der Waals surface area contributed by atoms with Crippen LogP contribution in [0.5, 0.6) is 0 Å². The SMILES string of the molecule is O=[N+]([O-])/C(C[NH+]1CCOCC1)=C1/CCCCC[NH2+]1. The lowest BCUT2D eigenvalue weighted by atomic mass is 10.1. The Morgan fingerprint density at radius 3 is 2.83 bits per heavy atom. The van der Waals surface area contributed by atoms with Crippen LogP contribution in [-0.4, -0.2) is 44.3 Å². The molecular formula is C12H23N3O3+2. The van der Waals surface area contributed by atoms with E-state index in [0.29, 0.717) is 12.2 Å². The molecule has 0 saturated carbocycles. The molecule has 0 atom stereocenters. The van der Waals surface area contributed by atoms with Gasteiger partial charge in [-0.1, -0.05) is 0 Å². The van der Waals surface area contributed by atoms with Gasteiger partial charge in [0, 0.05) is 6.42 Å². The van der Waals surface area contributed by atoms with Gasteiger partial charge in [-0.3, -0.25) is 10.1 Å². The van der Waals surface area contributed by atoms with Gasteiger partial charge in [-0.15, -0.1) is 0 Å². The number of quaternary nitrogens is 2. The van der Waals surface area contributed by atoms with Gasteiger partial charge in [0.1, 0.15) is 13.1 Å². The summed E-state index contributed by atoms with van der Waals surface area (Å²) in [6.45, 7) is 4.74. The second-order valence-electron chi connectivity index (χ2n) is 5.07. The molecule has 0 amide bonds. The fraction of sp³-hybridized carbons (Fsp3) is 0.833. The first-order valence-corrected chi connectivity index (χ1v) is 6.88. The van der Waals surface area contributed by atoms with Gasteiger partial charge >= 0.3 is 5.70 Å². The molecule has 2 aliphatic rings. The van der Waals surface area contributed by atoms with Crippen LogP contribution in [0.2, 0.25) is 0 Å². The Hall–Kier alpha value is -0.980. The summed E-state index contributed by atoms with van der Waals surface area (Å²) in [6.07, 6.45) is 4.32. The lowest BCUT2D eigenvalue weighted by Crippen LogP contribution is -3.14. The molecule has 6 nitrogen and oxygen atoms in total. The summed E-state index contributed by atoms with van der Waals surface area (Å²) in [5, 5.41) is 13.4. The molecule has 18 heavy (non-hydrogen) atoms. The minimum Gasteiger partial charge on any atom is -0.370 e. The second-order valence-corrected chi connectivity index (χ2v) is 5.07. The summed E-state index contributed by atoms with van der Waals surface area (Å²) >= 11 is 0. The first-order chi connectivity index (χ1) is 8.77. The van der Waals surface area contributed by atoms with Crippen LogP contribution in [0, 0.1) is 10.1 Å². The van der Waals surface area contributed by atoms with E-state index >= 15 is 0 Å². The van der Waals surface area contributed by atoms with Crippen LogP contribution in [0.1, 0.15) is 25.7 Å². The summed E-state index contributed by atoms with van der Waals surface area (Å²) in [7, 11) is 0. The Labute approximate surface area is 107 Å². The minimum atomic E-state index is -0.167. The van der Waals surface area contributed by atoms with Crippen molar-refractivity contribution in [3.05, 3.63) is 21.5 Å². The fourth-order valence-corrected chi connectivity index (χ4v) is 2.65. The molecule has 0 unspecified atom stereocenters. The number of ether oxygens (including phenoxy) is 1. The highest BCUT2D eigenvalue weighted by atomic mass is 16.6. The topological polar surface area (TPSA) is 73.4 Å². The average Bonchev–Trinajstić information content (AvgIpc) is 2.65. The predicted molar refractivity (Wildman–Crippen MR) is 65.7 cm³/mol. The molecule has 0 aromatic heterocycles. The van der Waals surface area contributed by atoms with E-state index in [1.165, 1.54) is 17.7 Å². The van der Waals surface area contributed by atoms with Gasteiger partial charge in [-0.25, -0.2) is 0 Å². The van der Waals surface area contributed by atoms with Crippen LogP contribution in [-0.2, 0) is 4.74 Å². The largest absolute Gasteiger partial charge is 0.370 e. The van der Waals surface area contributed by atoms with Crippen molar-refractivity contribution in [2.75, 3.05) is 39.4 Å². The minimum absolute atomic E-state index is 0.167. The lowest BCUT2D eigenvalue weighted by molar-refractivity contribution is -0.908. The van der Waals surface area contributed by atoms with Crippen LogP contribution in [0.3, 0.4) is 0 Å². The van der Waals surface area contributed by atoms with Gasteiger partial charge in [-0.05, 0) is 19.3 Å². The number of morpholine rings is 1. The first kappa shape index (κ1) is 13.5. The Kier molecular flexibility index (Phi) is 5.10. The number of nitrogens with one attached hydrogen (secondary N) is 1. The molecule has 102 valence electrons.